The third-order valence-corrected chi connectivity index (χ3v) is 7.71. The van der Waals surface area contributed by atoms with Gasteiger partial charge in [-0.2, -0.15) is 5.26 Å². The van der Waals surface area contributed by atoms with Crippen LogP contribution in [0.25, 0.3) is 0 Å². The van der Waals surface area contributed by atoms with Crippen molar-refractivity contribution >= 4 is 0 Å². The second-order valence-corrected chi connectivity index (χ2v) is 10.1. The average Bonchev–Trinajstić information content (AvgIpc) is 2.83. The van der Waals surface area contributed by atoms with Crippen LogP contribution in [0.5, 0.6) is 0 Å². The normalized spacial score (nSPS) is 27.0. The zero-order valence-electron chi connectivity index (χ0n) is 19.8. The summed E-state index contributed by atoms with van der Waals surface area (Å²) in [5, 5.41) is 8.69. The van der Waals surface area contributed by atoms with E-state index in [4.69, 9.17) is 5.26 Å². The van der Waals surface area contributed by atoms with Crippen LogP contribution < -0.4 is 0 Å². The number of benzene rings is 1. The van der Waals surface area contributed by atoms with Crippen molar-refractivity contribution in [1.29, 1.82) is 5.26 Å². The van der Waals surface area contributed by atoms with E-state index in [0.717, 1.165) is 17.8 Å². The molecule has 0 heterocycles. The highest BCUT2D eigenvalue weighted by Gasteiger charge is 2.22. The van der Waals surface area contributed by atoms with Crippen molar-refractivity contribution in [3.63, 3.8) is 0 Å². The van der Waals surface area contributed by atoms with Crippen molar-refractivity contribution in [2.45, 2.75) is 103 Å². The van der Waals surface area contributed by atoms with Crippen LogP contribution >= 0.6 is 0 Å². The van der Waals surface area contributed by atoms with Crippen molar-refractivity contribution in [3.8, 4) is 6.07 Å². The van der Waals surface area contributed by atoms with Crippen molar-refractivity contribution < 1.29 is 0 Å². The van der Waals surface area contributed by atoms with Crippen LogP contribution in [-0.4, -0.2) is 0 Å². The monoisotopic (exact) mass is 417 g/mol. The molecule has 0 spiro atoms. The topological polar surface area (TPSA) is 23.8 Å². The maximum absolute atomic E-state index is 8.69. The van der Waals surface area contributed by atoms with Gasteiger partial charge in [0.15, 0.2) is 0 Å². The first-order valence-electron chi connectivity index (χ1n) is 13.1. The van der Waals surface area contributed by atoms with Crippen molar-refractivity contribution in [2.75, 3.05) is 0 Å². The van der Waals surface area contributed by atoms with E-state index in [1.54, 1.807) is 11.6 Å². The Kier molecular flexibility index (Phi) is 10.4. The Morgan fingerprint density at radius 3 is 1.87 bits per heavy atom. The van der Waals surface area contributed by atoms with Gasteiger partial charge in [0, 0.05) is 6.08 Å². The molecule has 168 valence electrons. The van der Waals surface area contributed by atoms with Crippen LogP contribution in [0.2, 0.25) is 0 Å². The van der Waals surface area contributed by atoms with E-state index in [9.17, 15) is 0 Å². The molecule has 0 radical (unpaired) electrons. The lowest BCUT2D eigenvalue weighted by Gasteiger charge is -2.28. The molecule has 0 N–H and O–H groups in total. The maximum Gasteiger partial charge on any atom is 0.0908 e. The highest BCUT2D eigenvalue weighted by atomic mass is 14.3. The number of unbranched alkanes of at least 4 members (excludes halogenated alkanes) is 4. The first kappa shape index (κ1) is 23.8. The van der Waals surface area contributed by atoms with E-state index in [-0.39, 0.29) is 0 Å². The van der Waals surface area contributed by atoms with Gasteiger partial charge in [0.2, 0.25) is 0 Å². The minimum absolute atomic E-state index is 0.632. The Morgan fingerprint density at radius 1 is 0.742 bits per heavy atom. The molecule has 0 unspecified atom stereocenters. The van der Waals surface area contributed by atoms with Crippen molar-refractivity contribution in [2.24, 2.45) is 17.8 Å². The summed E-state index contributed by atoms with van der Waals surface area (Å²) >= 11 is 0. The van der Waals surface area contributed by atoms with Gasteiger partial charge in [0.25, 0.3) is 0 Å². The van der Waals surface area contributed by atoms with Crippen LogP contribution in [0.1, 0.15) is 107 Å². The largest absolute Gasteiger partial charge is 0.193 e. The van der Waals surface area contributed by atoms with Crippen LogP contribution in [0, 0.1) is 29.1 Å². The minimum Gasteiger partial charge on any atom is -0.193 e. The highest BCUT2D eigenvalue weighted by Crippen LogP contribution is 2.37. The van der Waals surface area contributed by atoms with Crippen LogP contribution in [0.15, 0.2) is 48.6 Å². The Bertz CT molecular complexity index is 704. The molecule has 31 heavy (non-hydrogen) atoms. The first-order chi connectivity index (χ1) is 15.3. The Hall–Kier alpha value is -1.81. The summed E-state index contributed by atoms with van der Waals surface area (Å²) in [4.78, 5) is 0. The van der Waals surface area contributed by atoms with Gasteiger partial charge in [-0.25, -0.2) is 0 Å². The van der Waals surface area contributed by atoms with Crippen LogP contribution in [-0.2, 0) is 6.42 Å². The zero-order chi connectivity index (χ0) is 21.7. The number of nitrogens with zero attached hydrogens (tertiary/aromatic N) is 1. The summed E-state index contributed by atoms with van der Waals surface area (Å²) < 4.78 is 0. The molecule has 0 amide bonds. The van der Waals surface area contributed by atoms with Gasteiger partial charge in [-0.05, 0) is 99.0 Å². The molecule has 0 atom stereocenters. The van der Waals surface area contributed by atoms with Crippen LogP contribution in [0.4, 0.5) is 0 Å². The molecule has 0 aliphatic heterocycles. The fourth-order valence-electron chi connectivity index (χ4n) is 5.56. The predicted molar refractivity (Wildman–Crippen MR) is 133 cm³/mol. The van der Waals surface area contributed by atoms with E-state index < -0.39 is 0 Å². The molecule has 2 aliphatic rings. The van der Waals surface area contributed by atoms with E-state index in [0.29, 0.717) is 5.92 Å². The standard InChI is InChI=1S/C30H43N/c1-2-3-4-5-6-8-25-16-20-29(21-17-25)30-22-18-28(19-23-30)15-14-27-12-10-26(11-13-27)9-7-24-31/h7,9,14-17,20-21,26-28,30H,2-6,8,10-13,18-19,22-23H2,1H3/b9-7?,15-14+. The van der Waals surface area contributed by atoms with Crippen molar-refractivity contribution in [1.82, 2.24) is 0 Å². The third kappa shape index (κ3) is 8.33. The number of nitriles is 1. The summed E-state index contributed by atoms with van der Waals surface area (Å²) in [6.45, 7) is 2.28. The van der Waals surface area contributed by atoms with Gasteiger partial charge in [-0.15, -0.1) is 0 Å². The quantitative estimate of drug-likeness (QED) is 0.212. The number of hydrogen-bond acceptors (Lipinski definition) is 1. The average molecular weight is 418 g/mol. The Labute approximate surface area is 191 Å². The lowest BCUT2D eigenvalue weighted by Crippen LogP contribution is -2.14. The van der Waals surface area contributed by atoms with E-state index in [1.807, 2.05) is 0 Å². The van der Waals surface area contributed by atoms with Gasteiger partial charge >= 0.3 is 0 Å². The van der Waals surface area contributed by atoms with Gasteiger partial charge in [-0.1, -0.05) is 75.1 Å². The molecular weight excluding hydrogens is 374 g/mol. The highest BCUT2D eigenvalue weighted by molar-refractivity contribution is 5.26. The minimum atomic E-state index is 0.632. The Balaban J connectivity index is 1.35. The number of aryl methyl sites for hydroxylation is 1. The van der Waals surface area contributed by atoms with Gasteiger partial charge in [-0.3, -0.25) is 0 Å². The van der Waals surface area contributed by atoms with E-state index in [1.165, 1.54) is 95.5 Å². The predicted octanol–water partition coefficient (Wildman–Crippen LogP) is 8.92. The summed E-state index contributed by atoms with van der Waals surface area (Å²) in [6, 6.07) is 11.8. The molecule has 2 saturated carbocycles. The fraction of sp³-hybridized carbons (Fsp3) is 0.633. The smallest absolute Gasteiger partial charge is 0.0908 e. The zero-order valence-corrected chi connectivity index (χ0v) is 19.8. The van der Waals surface area contributed by atoms with E-state index in [2.05, 4.69) is 55.5 Å². The summed E-state index contributed by atoms with van der Waals surface area (Å²) in [5.41, 5.74) is 3.09. The number of rotatable bonds is 10. The van der Waals surface area contributed by atoms with Gasteiger partial charge < -0.3 is 0 Å². The molecule has 2 fully saturated rings. The molecule has 1 aromatic carbocycles. The number of hydrogen-bond donors (Lipinski definition) is 0. The molecule has 0 bridgehead atoms. The van der Waals surface area contributed by atoms with Gasteiger partial charge in [0.05, 0.1) is 6.07 Å². The molecule has 0 aromatic heterocycles. The lowest BCUT2D eigenvalue weighted by molar-refractivity contribution is 0.348. The van der Waals surface area contributed by atoms with Gasteiger partial charge in [0.1, 0.15) is 0 Å². The maximum atomic E-state index is 8.69. The molecule has 1 heteroatoms. The SMILES string of the molecule is CCCCCCCc1ccc(C2CCC(/C=C/C3CCC(C=CC#N)CC3)CC2)cc1. The molecule has 1 aromatic rings. The van der Waals surface area contributed by atoms with Crippen molar-refractivity contribution in [3.05, 3.63) is 59.7 Å². The molecule has 3 rings (SSSR count). The van der Waals surface area contributed by atoms with E-state index >= 15 is 0 Å². The molecular formula is C30H43N. The Morgan fingerprint density at radius 2 is 1.29 bits per heavy atom. The summed E-state index contributed by atoms with van der Waals surface area (Å²) in [5.74, 6) is 2.95. The molecule has 1 nitrogen and oxygen atoms in total. The fourth-order valence-corrected chi connectivity index (χ4v) is 5.56. The molecule has 2 aliphatic carbocycles. The third-order valence-electron chi connectivity index (χ3n) is 7.71. The summed E-state index contributed by atoms with van der Waals surface area (Å²) in [6.07, 6.45) is 27.4. The summed E-state index contributed by atoms with van der Waals surface area (Å²) in [7, 11) is 0. The van der Waals surface area contributed by atoms with Crippen LogP contribution in [0.3, 0.4) is 0 Å². The number of allylic oxidation sites excluding steroid dienone is 4. The second kappa shape index (κ2) is 13.6. The second-order valence-electron chi connectivity index (χ2n) is 10.1. The first-order valence-corrected chi connectivity index (χ1v) is 13.1. The lowest BCUT2D eigenvalue weighted by atomic mass is 9.77. The molecule has 0 saturated heterocycles.